The van der Waals surface area contributed by atoms with Crippen LogP contribution >= 0.6 is 0 Å². The number of ether oxygens (including phenoxy) is 3. The normalized spacial score (nSPS) is 51.4. The molecule has 6 rings (SSSR count). The summed E-state index contributed by atoms with van der Waals surface area (Å²) in [6, 6.07) is 0. The van der Waals surface area contributed by atoms with Gasteiger partial charge in [0.15, 0.2) is 6.29 Å². The Hall–Kier alpha value is -0.950. The fourth-order valence-electron chi connectivity index (χ4n) is 11.7. The van der Waals surface area contributed by atoms with Crippen molar-refractivity contribution in [2.24, 2.45) is 51.2 Å². The summed E-state index contributed by atoms with van der Waals surface area (Å²) in [4.78, 5) is 12.7. The second-order valence-corrected chi connectivity index (χ2v) is 17.1. The number of aliphatic hydroxyl groups is 2. The first-order valence-electron chi connectivity index (χ1n) is 16.6. The van der Waals surface area contributed by atoms with Gasteiger partial charge in [0, 0.05) is 23.2 Å². The van der Waals surface area contributed by atoms with Gasteiger partial charge in [0.05, 0.1) is 17.8 Å². The number of carbonyl (C=O) groups is 1. The molecule has 2 aliphatic heterocycles. The molecule has 0 aromatic rings. The minimum absolute atomic E-state index is 0.0504. The van der Waals surface area contributed by atoms with Crippen molar-refractivity contribution in [3.05, 3.63) is 11.6 Å². The SMILES string of the molecule is CC(C)CC(=O)OC1CCC2(C)C(CC(O)C3(C)C4=CCC(C5CC(O)C6OC5OC6(C)C)C4(C)CCC23)C1(C)C. The Morgan fingerprint density at radius 3 is 2.41 bits per heavy atom. The van der Waals surface area contributed by atoms with E-state index in [1.165, 1.54) is 5.57 Å². The zero-order valence-corrected chi connectivity index (χ0v) is 27.0. The minimum Gasteiger partial charge on any atom is -0.462 e. The van der Waals surface area contributed by atoms with Crippen LogP contribution < -0.4 is 0 Å². The van der Waals surface area contributed by atoms with Crippen LogP contribution in [-0.2, 0) is 19.0 Å². The third kappa shape index (κ3) is 4.19. The Morgan fingerprint density at radius 1 is 1.02 bits per heavy atom. The summed E-state index contributed by atoms with van der Waals surface area (Å²) in [5.41, 5.74) is 0.483. The van der Waals surface area contributed by atoms with Crippen molar-refractivity contribution < 1.29 is 29.2 Å². The zero-order valence-electron chi connectivity index (χ0n) is 27.0. The van der Waals surface area contributed by atoms with Crippen LogP contribution in [0.3, 0.4) is 0 Å². The molecule has 2 saturated heterocycles. The third-order valence-electron chi connectivity index (χ3n) is 13.6. The molecule has 3 saturated carbocycles. The van der Waals surface area contributed by atoms with Crippen molar-refractivity contribution in [3.8, 4) is 0 Å². The molecular weight excluding hydrogens is 516 g/mol. The summed E-state index contributed by atoms with van der Waals surface area (Å²) in [5.74, 6) is 1.32. The van der Waals surface area contributed by atoms with Crippen molar-refractivity contribution in [2.45, 2.75) is 150 Å². The number of esters is 1. The second-order valence-electron chi connectivity index (χ2n) is 17.1. The van der Waals surface area contributed by atoms with Gasteiger partial charge < -0.3 is 24.4 Å². The molecule has 5 fully saturated rings. The largest absolute Gasteiger partial charge is 0.462 e. The Bertz CT molecular complexity index is 1090. The Kier molecular flexibility index (Phi) is 6.99. The predicted molar refractivity (Wildman–Crippen MR) is 158 cm³/mol. The number of rotatable bonds is 4. The highest BCUT2D eigenvalue weighted by molar-refractivity contribution is 5.69. The Balaban J connectivity index is 1.27. The molecule has 41 heavy (non-hydrogen) atoms. The summed E-state index contributed by atoms with van der Waals surface area (Å²) in [6.45, 7) is 20.0. The van der Waals surface area contributed by atoms with Gasteiger partial charge in [-0.15, -0.1) is 0 Å². The smallest absolute Gasteiger partial charge is 0.306 e. The van der Waals surface area contributed by atoms with Gasteiger partial charge in [-0.25, -0.2) is 0 Å². The topological polar surface area (TPSA) is 85.2 Å². The fourth-order valence-corrected chi connectivity index (χ4v) is 11.7. The van der Waals surface area contributed by atoms with Crippen LogP contribution in [0.2, 0.25) is 0 Å². The molecule has 2 N–H and O–H groups in total. The summed E-state index contributed by atoms with van der Waals surface area (Å²) >= 11 is 0. The van der Waals surface area contributed by atoms with Crippen LogP contribution in [0.1, 0.15) is 114 Å². The maximum atomic E-state index is 12.7. The van der Waals surface area contributed by atoms with E-state index in [0.717, 1.165) is 38.5 Å². The lowest BCUT2D eigenvalue weighted by Crippen LogP contribution is -2.65. The predicted octanol–water partition coefficient (Wildman–Crippen LogP) is 6.42. The lowest BCUT2D eigenvalue weighted by Gasteiger charge is -2.68. The number of hydrogen-bond donors (Lipinski definition) is 2. The first-order chi connectivity index (χ1) is 19.0. The second kappa shape index (κ2) is 9.52. The van der Waals surface area contributed by atoms with Gasteiger partial charge in [-0.2, -0.15) is 0 Å². The molecule has 0 aromatic heterocycles. The molecule has 2 heterocycles. The van der Waals surface area contributed by atoms with Gasteiger partial charge in [-0.3, -0.25) is 4.79 Å². The molecule has 6 heteroatoms. The molecule has 6 aliphatic rings. The summed E-state index contributed by atoms with van der Waals surface area (Å²) < 4.78 is 18.9. The van der Waals surface area contributed by atoms with Crippen LogP contribution in [0, 0.1) is 51.2 Å². The zero-order chi connectivity index (χ0) is 29.9. The summed E-state index contributed by atoms with van der Waals surface area (Å²) in [6.07, 6.45) is 7.79. The molecule has 12 unspecified atom stereocenters. The summed E-state index contributed by atoms with van der Waals surface area (Å²) in [5, 5.41) is 23.2. The van der Waals surface area contributed by atoms with Gasteiger partial charge in [0.1, 0.15) is 12.2 Å². The highest BCUT2D eigenvalue weighted by Crippen LogP contribution is 2.73. The number of fused-ring (bicyclic) bond motifs is 7. The van der Waals surface area contributed by atoms with E-state index in [-0.39, 0.29) is 63.9 Å². The molecule has 0 aromatic carbocycles. The van der Waals surface area contributed by atoms with Gasteiger partial charge in [0.25, 0.3) is 0 Å². The van der Waals surface area contributed by atoms with Crippen LogP contribution in [0.5, 0.6) is 0 Å². The first kappa shape index (κ1) is 30.1. The maximum Gasteiger partial charge on any atom is 0.306 e. The van der Waals surface area contributed by atoms with Crippen molar-refractivity contribution in [2.75, 3.05) is 0 Å². The summed E-state index contributed by atoms with van der Waals surface area (Å²) in [7, 11) is 0. The lowest BCUT2D eigenvalue weighted by atomic mass is 9.37. The van der Waals surface area contributed by atoms with Crippen LogP contribution in [0.15, 0.2) is 11.6 Å². The molecule has 2 bridgehead atoms. The number of carbonyl (C=O) groups excluding carboxylic acids is 1. The Labute approximate surface area is 248 Å². The van der Waals surface area contributed by atoms with E-state index in [1.807, 2.05) is 13.8 Å². The van der Waals surface area contributed by atoms with Crippen molar-refractivity contribution >= 4 is 5.97 Å². The quantitative estimate of drug-likeness (QED) is 0.299. The highest BCUT2D eigenvalue weighted by Gasteiger charge is 2.69. The molecule has 232 valence electrons. The maximum absolute atomic E-state index is 12.7. The van der Waals surface area contributed by atoms with E-state index in [0.29, 0.717) is 24.7 Å². The van der Waals surface area contributed by atoms with Crippen molar-refractivity contribution in [1.29, 1.82) is 0 Å². The minimum atomic E-state index is -0.514. The average Bonchev–Trinajstić information content (AvgIpc) is 3.35. The molecule has 6 nitrogen and oxygen atoms in total. The lowest BCUT2D eigenvalue weighted by molar-refractivity contribution is -0.223. The number of hydrogen-bond acceptors (Lipinski definition) is 6. The Morgan fingerprint density at radius 2 is 1.73 bits per heavy atom. The van der Waals surface area contributed by atoms with Crippen LogP contribution in [0.25, 0.3) is 0 Å². The standard InChI is InChI=1S/C35H56O6/c1-19(2)16-28(38)39-27-13-15-34(8)24-12-14-33(7)21(20-17-22(36)29-32(5,6)41-30(20)40-29)10-11-23(33)35(24,9)26(37)18-25(34)31(27,3)4/h11,19-22,24-27,29-30,36-37H,10,12-18H2,1-9H3. The first-order valence-corrected chi connectivity index (χ1v) is 16.6. The van der Waals surface area contributed by atoms with Gasteiger partial charge in [0.2, 0.25) is 0 Å². The van der Waals surface area contributed by atoms with E-state index in [2.05, 4.69) is 54.5 Å². The van der Waals surface area contributed by atoms with E-state index in [4.69, 9.17) is 14.2 Å². The molecule has 0 amide bonds. The monoisotopic (exact) mass is 572 g/mol. The van der Waals surface area contributed by atoms with Crippen LogP contribution in [0.4, 0.5) is 0 Å². The van der Waals surface area contributed by atoms with E-state index < -0.39 is 17.8 Å². The van der Waals surface area contributed by atoms with Gasteiger partial charge in [-0.1, -0.05) is 60.1 Å². The molecule has 12 atom stereocenters. The third-order valence-corrected chi connectivity index (χ3v) is 13.6. The fraction of sp³-hybridized carbons (Fsp3) is 0.914. The molecular formula is C35H56O6. The highest BCUT2D eigenvalue weighted by atomic mass is 16.7. The number of aliphatic hydroxyl groups excluding tert-OH is 2. The van der Waals surface area contributed by atoms with Crippen molar-refractivity contribution in [3.63, 3.8) is 0 Å². The van der Waals surface area contributed by atoms with E-state index in [9.17, 15) is 15.0 Å². The van der Waals surface area contributed by atoms with Gasteiger partial charge in [-0.05, 0) is 93.3 Å². The average molecular weight is 573 g/mol. The molecule has 4 aliphatic carbocycles. The van der Waals surface area contributed by atoms with Crippen molar-refractivity contribution in [1.82, 2.24) is 0 Å². The molecule has 0 spiro atoms. The van der Waals surface area contributed by atoms with Gasteiger partial charge >= 0.3 is 5.97 Å². The van der Waals surface area contributed by atoms with E-state index >= 15 is 0 Å². The molecule has 0 radical (unpaired) electrons. The van der Waals surface area contributed by atoms with E-state index in [1.54, 1.807) is 0 Å². The van der Waals surface area contributed by atoms with Crippen LogP contribution in [-0.4, -0.2) is 52.5 Å². The number of allylic oxidation sites excluding steroid dienone is 1.